The molecule has 0 aliphatic carbocycles. The first-order valence-corrected chi connectivity index (χ1v) is 15.3. The molecule has 11 heteroatoms. The highest BCUT2D eigenvalue weighted by atomic mass is 32.2. The SMILES string of the molecule is COc1ccc(NC(=O)C(C(C)C)N(Cc2nc(-c3ccc(OC)cc3)cs2)C(=O)CSc2nc(C)cc(C)n2)cc1. The van der Waals surface area contributed by atoms with E-state index in [1.807, 2.05) is 63.4 Å². The molecule has 2 amide bonds. The standard InChI is InChI=1S/C31H35N5O4S2/c1-19(2)29(30(38)34-23-9-13-25(40-6)14-10-23)36(28(37)18-42-31-32-20(3)15-21(4)33-31)16-27-35-26(17-41-27)22-7-11-24(39-5)12-8-22/h7-15,17,19,29H,16,18H2,1-6H3,(H,34,38). The van der Waals surface area contributed by atoms with Crippen molar-refractivity contribution in [2.45, 2.75) is 45.4 Å². The topological polar surface area (TPSA) is 107 Å². The van der Waals surface area contributed by atoms with Crippen LogP contribution < -0.4 is 14.8 Å². The lowest BCUT2D eigenvalue weighted by molar-refractivity contribution is -0.138. The van der Waals surface area contributed by atoms with Gasteiger partial charge in [-0.2, -0.15) is 0 Å². The number of hydrogen-bond acceptors (Lipinski definition) is 9. The van der Waals surface area contributed by atoms with Gasteiger partial charge in [-0.3, -0.25) is 9.59 Å². The molecule has 1 unspecified atom stereocenters. The summed E-state index contributed by atoms with van der Waals surface area (Å²) >= 11 is 2.72. The van der Waals surface area contributed by atoms with Crippen molar-refractivity contribution >= 4 is 40.6 Å². The zero-order valence-electron chi connectivity index (χ0n) is 24.6. The first-order chi connectivity index (χ1) is 20.2. The molecule has 0 fully saturated rings. The van der Waals surface area contributed by atoms with Gasteiger partial charge in [0, 0.05) is 28.0 Å². The number of benzene rings is 2. The molecular formula is C31H35N5O4S2. The molecule has 220 valence electrons. The Morgan fingerprint density at radius 1 is 0.929 bits per heavy atom. The van der Waals surface area contributed by atoms with Crippen LogP contribution in [0.5, 0.6) is 11.5 Å². The van der Waals surface area contributed by atoms with Crippen molar-refractivity contribution in [3.63, 3.8) is 0 Å². The van der Waals surface area contributed by atoms with Crippen LogP contribution in [0.2, 0.25) is 0 Å². The Balaban J connectivity index is 1.60. The number of nitrogens with one attached hydrogen (secondary N) is 1. The summed E-state index contributed by atoms with van der Waals surface area (Å²) in [5, 5.41) is 6.19. The van der Waals surface area contributed by atoms with Crippen molar-refractivity contribution in [1.82, 2.24) is 19.9 Å². The number of methoxy groups -OCH3 is 2. The van der Waals surface area contributed by atoms with E-state index in [1.54, 1.807) is 43.4 Å². The Morgan fingerprint density at radius 2 is 1.52 bits per heavy atom. The molecule has 4 aromatic rings. The fourth-order valence-electron chi connectivity index (χ4n) is 4.43. The summed E-state index contributed by atoms with van der Waals surface area (Å²) in [7, 11) is 3.22. The van der Waals surface area contributed by atoms with Crippen LogP contribution in [-0.4, -0.2) is 57.7 Å². The molecule has 9 nitrogen and oxygen atoms in total. The van der Waals surface area contributed by atoms with E-state index in [0.717, 1.165) is 33.4 Å². The van der Waals surface area contributed by atoms with Crippen LogP contribution in [0.3, 0.4) is 0 Å². The Morgan fingerprint density at radius 3 is 2.10 bits per heavy atom. The van der Waals surface area contributed by atoms with E-state index in [4.69, 9.17) is 14.5 Å². The zero-order chi connectivity index (χ0) is 30.2. The molecule has 42 heavy (non-hydrogen) atoms. The number of nitrogens with zero attached hydrogens (tertiary/aromatic N) is 4. The van der Waals surface area contributed by atoms with Crippen LogP contribution in [0, 0.1) is 19.8 Å². The maximum absolute atomic E-state index is 13.8. The van der Waals surface area contributed by atoms with Crippen molar-refractivity contribution in [1.29, 1.82) is 0 Å². The second-order valence-corrected chi connectivity index (χ2v) is 11.9. The molecule has 0 spiro atoms. The van der Waals surface area contributed by atoms with Crippen molar-refractivity contribution in [2.75, 3.05) is 25.3 Å². The smallest absolute Gasteiger partial charge is 0.247 e. The van der Waals surface area contributed by atoms with Crippen LogP contribution in [0.15, 0.2) is 65.1 Å². The maximum Gasteiger partial charge on any atom is 0.247 e. The zero-order valence-corrected chi connectivity index (χ0v) is 26.2. The quantitative estimate of drug-likeness (QED) is 0.154. The van der Waals surface area contributed by atoms with Gasteiger partial charge in [0.1, 0.15) is 22.5 Å². The number of thioether (sulfide) groups is 1. The van der Waals surface area contributed by atoms with Gasteiger partial charge in [-0.15, -0.1) is 11.3 Å². The number of amides is 2. The summed E-state index contributed by atoms with van der Waals surface area (Å²) in [5.74, 6) is 0.885. The summed E-state index contributed by atoms with van der Waals surface area (Å²) in [5.41, 5.74) is 4.03. The lowest BCUT2D eigenvalue weighted by Gasteiger charge is -2.33. The highest BCUT2D eigenvalue weighted by molar-refractivity contribution is 7.99. The van der Waals surface area contributed by atoms with E-state index in [2.05, 4.69) is 15.3 Å². The summed E-state index contributed by atoms with van der Waals surface area (Å²) in [6.45, 7) is 7.85. The third-order valence-electron chi connectivity index (χ3n) is 6.44. The average molecular weight is 606 g/mol. The number of ether oxygens (including phenoxy) is 2. The van der Waals surface area contributed by atoms with Gasteiger partial charge in [0.15, 0.2) is 5.16 Å². The van der Waals surface area contributed by atoms with Crippen LogP contribution in [0.25, 0.3) is 11.3 Å². The predicted octanol–water partition coefficient (Wildman–Crippen LogP) is 6.02. The highest BCUT2D eigenvalue weighted by Crippen LogP contribution is 2.27. The number of carbonyl (C=O) groups excluding carboxylic acids is 2. The van der Waals surface area contributed by atoms with E-state index < -0.39 is 6.04 Å². The van der Waals surface area contributed by atoms with Gasteiger partial charge in [-0.05, 0) is 74.4 Å². The molecule has 2 aromatic heterocycles. The molecular weight excluding hydrogens is 571 g/mol. The van der Waals surface area contributed by atoms with Gasteiger partial charge < -0.3 is 19.7 Å². The number of anilines is 1. The number of hydrogen-bond donors (Lipinski definition) is 1. The van der Waals surface area contributed by atoms with Crippen LogP contribution >= 0.6 is 23.1 Å². The fourth-order valence-corrected chi connectivity index (χ4v) is 6.06. The summed E-state index contributed by atoms with van der Waals surface area (Å²) in [6.07, 6.45) is 0. The molecule has 0 saturated heterocycles. The minimum absolute atomic E-state index is 0.0820. The Labute approximate surface area is 254 Å². The minimum atomic E-state index is -0.742. The van der Waals surface area contributed by atoms with Crippen LogP contribution in [0.4, 0.5) is 5.69 Å². The third kappa shape index (κ3) is 8.07. The second-order valence-electron chi connectivity index (χ2n) is 10.0. The van der Waals surface area contributed by atoms with E-state index in [1.165, 1.54) is 23.1 Å². The summed E-state index contributed by atoms with van der Waals surface area (Å²) in [6, 6.07) is 15.9. The molecule has 2 aromatic carbocycles. The Kier molecular flexibility index (Phi) is 10.5. The molecule has 1 atom stereocenters. The van der Waals surface area contributed by atoms with Crippen molar-refractivity contribution in [2.24, 2.45) is 5.92 Å². The number of aryl methyl sites for hydroxylation is 2. The predicted molar refractivity (Wildman–Crippen MR) is 167 cm³/mol. The van der Waals surface area contributed by atoms with Gasteiger partial charge in [-0.1, -0.05) is 25.6 Å². The first-order valence-electron chi connectivity index (χ1n) is 13.4. The van der Waals surface area contributed by atoms with Gasteiger partial charge in [-0.25, -0.2) is 15.0 Å². The molecule has 1 N–H and O–H groups in total. The second kappa shape index (κ2) is 14.3. The summed E-state index contributed by atoms with van der Waals surface area (Å²) < 4.78 is 10.5. The first kappa shape index (κ1) is 31.0. The maximum atomic E-state index is 13.8. The van der Waals surface area contributed by atoms with Gasteiger partial charge in [0.2, 0.25) is 11.8 Å². The van der Waals surface area contributed by atoms with E-state index in [-0.39, 0.29) is 30.0 Å². The van der Waals surface area contributed by atoms with Crippen LogP contribution in [0.1, 0.15) is 30.2 Å². The van der Waals surface area contributed by atoms with Crippen molar-refractivity contribution in [3.8, 4) is 22.8 Å². The number of carbonyl (C=O) groups is 2. The molecule has 0 bridgehead atoms. The minimum Gasteiger partial charge on any atom is -0.497 e. The summed E-state index contributed by atoms with van der Waals surface area (Å²) in [4.78, 5) is 42.9. The lowest BCUT2D eigenvalue weighted by Crippen LogP contribution is -2.50. The number of rotatable bonds is 12. The molecule has 0 aliphatic rings. The molecule has 4 rings (SSSR count). The Hall–Kier alpha value is -3.96. The Bertz CT molecular complexity index is 1490. The van der Waals surface area contributed by atoms with Crippen molar-refractivity contribution in [3.05, 3.63) is 76.4 Å². The van der Waals surface area contributed by atoms with E-state index in [9.17, 15) is 9.59 Å². The average Bonchev–Trinajstić information content (AvgIpc) is 3.44. The van der Waals surface area contributed by atoms with Crippen molar-refractivity contribution < 1.29 is 19.1 Å². The molecule has 0 radical (unpaired) electrons. The largest absolute Gasteiger partial charge is 0.497 e. The monoisotopic (exact) mass is 605 g/mol. The number of thiazole rings is 1. The molecule has 0 saturated carbocycles. The molecule has 0 aliphatic heterocycles. The van der Waals surface area contributed by atoms with E-state index in [0.29, 0.717) is 16.6 Å². The van der Waals surface area contributed by atoms with E-state index >= 15 is 0 Å². The lowest BCUT2D eigenvalue weighted by atomic mass is 10.0. The fraction of sp³-hybridized carbons (Fsp3) is 0.323. The molecule has 2 heterocycles. The van der Waals surface area contributed by atoms with Crippen LogP contribution in [-0.2, 0) is 16.1 Å². The third-order valence-corrected chi connectivity index (χ3v) is 8.11. The highest BCUT2D eigenvalue weighted by Gasteiger charge is 2.33. The van der Waals surface area contributed by atoms with Gasteiger partial charge in [0.05, 0.1) is 32.2 Å². The van der Waals surface area contributed by atoms with Gasteiger partial charge in [0.25, 0.3) is 0 Å². The number of aromatic nitrogens is 3. The normalized spacial score (nSPS) is 11.7. The van der Waals surface area contributed by atoms with Gasteiger partial charge >= 0.3 is 0 Å².